The van der Waals surface area contributed by atoms with E-state index < -0.39 is 0 Å². The number of rotatable bonds is 7. The van der Waals surface area contributed by atoms with Gasteiger partial charge in [0.15, 0.2) is 0 Å². The van der Waals surface area contributed by atoms with Gasteiger partial charge in [-0.3, -0.25) is 0 Å². The van der Waals surface area contributed by atoms with E-state index in [0.717, 1.165) is 25.1 Å². The molecule has 0 spiro atoms. The van der Waals surface area contributed by atoms with Gasteiger partial charge in [-0.15, -0.1) is 0 Å². The Morgan fingerprint density at radius 1 is 1.05 bits per heavy atom. The first-order valence-corrected chi connectivity index (χ1v) is 6.71. The molecule has 0 aliphatic heterocycles. The van der Waals surface area contributed by atoms with Crippen LogP contribution in [0.4, 0.5) is 0 Å². The van der Waals surface area contributed by atoms with Crippen LogP contribution in [0.1, 0.15) is 24.5 Å². The number of hydrogen-bond donors (Lipinski definition) is 1. The van der Waals surface area contributed by atoms with Gasteiger partial charge < -0.3 is 10.1 Å². The van der Waals surface area contributed by atoms with Crippen molar-refractivity contribution in [1.29, 1.82) is 0 Å². The molecule has 1 aromatic heterocycles. The zero-order valence-electron chi connectivity index (χ0n) is 11.3. The maximum Gasteiger partial charge on any atom is 0.213 e. The third kappa shape index (κ3) is 4.72. The van der Waals surface area contributed by atoms with Crippen LogP contribution in [-0.2, 0) is 13.2 Å². The second-order valence-electron chi connectivity index (χ2n) is 4.46. The third-order valence-electron chi connectivity index (χ3n) is 2.78. The Morgan fingerprint density at radius 3 is 2.58 bits per heavy atom. The number of benzene rings is 1. The zero-order chi connectivity index (χ0) is 13.3. The molecule has 3 nitrogen and oxygen atoms in total. The molecule has 100 valence electrons. The van der Waals surface area contributed by atoms with E-state index in [0.29, 0.717) is 12.5 Å². The molecule has 0 aliphatic carbocycles. The first-order chi connectivity index (χ1) is 9.38. The van der Waals surface area contributed by atoms with Crippen molar-refractivity contribution in [2.75, 3.05) is 6.54 Å². The lowest BCUT2D eigenvalue weighted by atomic mass is 10.2. The van der Waals surface area contributed by atoms with Crippen LogP contribution < -0.4 is 10.1 Å². The molecule has 0 bridgehead atoms. The highest BCUT2D eigenvalue weighted by Crippen LogP contribution is 2.10. The van der Waals surface area contributed by atoms with Gasteiger partial charge >= 0.3 is 0 Å². The lowest BCUT2D eigenvalue weighted by Gasteiger charge is -2.07. The Labute approximate surface area is 114 Å². The van der Waals surface area contributed by atoms with E-state index >= 15 is 0 Å². The number of nitrogens with zero attached hydrogens (tertiary/aromatic N) is 1. The molecule has 0 radical (unpaired) electrons. The molecular weight excluding hydrogens is 236 g/mol. The Hall–Kier alpha value is -1.87. The van der Waals surface area contributed by atoms with Crippen LogP contribution >= 0.6 is 0 Å². The maximum absolute atomic E-state index is 5.64. The number of nitrogens with one attached hydrogen (secondary N) is 1. The van der Waals surface area contributed by atoms with Gasteiger partial charge in [0, 0.05) is 18.8 Å². The summed E-state index contributed by atoms with van der Waals surface area (Å²) in [4.78, 5) is 4.31. The van der Waals surface area contributed by atoms with E-state index in [1.165, 1.54) is 5.56 Å². The smallest absolute Gasteiger partial charge is 0.213 e. The van der Waals surface area contributed by atoms with E-state index in [1.54, 1.807) is 0 Å². The standard InChI is InChI=1S/C16H20N2O/c1-2-10-17-11-15-8-9-16(18-12-15)19-13-14-6-4-3-5-7-14/h3-9,12,17H,2,10-11,13H2,1H3. The normalized spacial score (nSPS) is 10.4. The van der Waals surface area contributed by atoms with Crippen molar-refractivity contribution >= 4 is 0 Å². The predicted octanol–water partition coefficient (Wildman–Crippen LogP) is 3.16. The van der Waals surface area contributed by atoms with Crippen molar-refractivity contribution in [3.63, 3.8) is 0 Å². The van der Waals surface area contributed by atoms with Gasteiger partial charge in [0.25, 0.3) is 0 Å². The Balaban J connectivity index is 1.81. The Morgan fingerprint density at radius 2 is 1.89 bits per heavy atom. The van der Waals surface area contributed by atoms with E-state index in [-0.39, 0.29) is 0 Å². The SMILES string of the molecule is CCCNCc1ccc(OCc2ccccc2)nc1. The van der Waals surface area contributed by atoms with Gasteiger partial charge in [-0.25, -0.2) is 4.98 Å². The molecule has 1 heterocycles. The zero-order valence-corrected chi connectivity index (χ0v) is 11.3. The average molecular weight is 256 g/mol. The largest absolute Gasteiger partial charge is 0.473 e. The van der Waals surface area contributed by atoms with Gasteiger partial charge in [-0.1, -0.05) is 43.3 Å². The van der Waals surface area contributed by atoms with Crippen LogP contribution in [0.15, 0.2) is 48.7 Å². The lowest BCUT2D eigenvalue weighted by molar-refractivity contribution is 0.293. The number of aromatic nitrogens is 1. The quantitative estimate of drug-likeness (QED) is 0.773. The van der Waals surface area contributed by atoms with Crippen LogP contribution in [0, 0.1) is 0 Å². The summed E-state index contributed by atoms with van der Waals surface area (Å²) >= 11 is 0. The molecule has 0 fully saturated rings. The van der Waals surface area contributed by atoms with Crippen LogP contribution in [0.3, 0.4) is 0 Å². The van der Waals surface area contributed by atoms with Crippen LogP contribution in [0.5, 0.6) is 5.88 Å². The summed E-state index contributed by atoms with van der Waals surface area (Å²) in [5.74, 6) is 0.670. The van der Waals surface area contributed by atoms with Gasteiger partial charge in [-0.05, 0) is 24.1 Å². The molecule has 0 unspecified atom stereocenters. The highest BCUT2D eigenvalue weighted by Gasteiger charge is 1.98. The molecule has 0 atom stereocenters. The third-order valence-corrected chi connectivity index (χ3v) is 2.78. The summed E-state index contributed by atoms with van der Waals surface area (Å²) in [6.45, 7) is 4.61. The minimum Gasteiger partial charge on any atom is -0.473 e. The molecule has 3 heteroatoms. The number of pyridine rings is 1. The minimum atomic E-state index is 0.557. The fourth-order valence-electron chi connectivity index (χ4n) is 1.74. The van der Waals surface area contributed by atoms with Crippen molar-refractivity contribution < 1.29 is 4.74 Å². The highest BCUT2D eigenvalue weighted by molar-refractivity contribution is 5.19. The van der Waals surface area contributed by atoms with Gasteiger partial charge in [0.05, 0.1) is 0 Å². The van der Waals surface area contributed by atoms with E-state index in [1.807, 2.05) is 42.6 Å². The molecule has 2 aromatic rings. The van der Waals surface area contributed by atoms with Crippen molar-refractivity contribution in [3.05, 3.63) is 59.8 Å². The van der Waals surface area contributed by atoms with E-state index in [4.69, 9.17) is 4.74 Å². The average Bonchev–Trinajstić information content (AvgIpc) is 2.48. The van der Waals surface area contributed by atoms with Crippen LogP contribution in [0.25, 0.3) is 0 Å². The molecule has 1 aromatic carbocycles. The summed E-state index contributed by atoms with van der Waals surface area (Å²) in [6.07, 6.45) is 3.01. The molecule has 0 saturated heterocycles. The Kier molecular flexibility index (Phi) is 5.38. The fourth-order valence-corrected chi connectivity index (χ4v) is 1.74. The van der Waals surface area contributed by atoms with Gasteiger partial charge in [0.1, 0.15) is 6.61 Å². The molecule has 2 rings (SSSR count). The van der Waals surface area contributed by atoms with Crippen molar-refractivity contribution in [2.24, 2.45) is 0 Å². The molecule has 1 N–H and O–H groups in total. The molecule has 0 aliphatic rings. The number of hydrogen-bond acceptors (Lipinski definition) is 3. The van der Waals surface area contributed by atoms with E-state index in [9.17, 15) is 0 Å². The topological polar surface area (TPSA) is 34.1 Å². The summed E-state index contributed by atoms with van der Waals surface area (Å²) in [7, 11) is 0. The number of ether oxygens (including phenoxy) is 1. The second kappa shape index (κ2) is 7.54. The van der Waals surface area contributed by atoms with Gasteiger partial charge in [-0.2, -0.15) is 0 Å². The summed E-state index contributed by atoms with van der Waals surface area (Å²) in [5, 5.41) is 3.35. The first kappa shape index (κ1) is 13.6. The summed E-state index contributed by atoms with van der Waals surface area (Å²) < 4.78 is 5.64. The van der Waals surface area contributed by atoms with Crippen molar-refractivity contribution in [3.8, 4) is 5.88 Å². The van der Waals surface area contributed by atoms with Crippen molar-refractivity contribution in [2.45, 2.75) is 26.5 Å². The van der Waals surface area contributed by atoms with E-state index in [2.05, 4.69) is 23.3 Å². The highest BCUT2D eigenvalue weighted by atomic mass is 16.5. The molecule has 0 amide bonds. The van der Waals surface area contributed by atoms with Crippen LogP contribution in [0.2, 0.25) is 0 Å². The second-order valence-corrected chi connectivity index (χ2v) is 4.46. The minimum absolute atomic E-state index is 0.557. The summed E-state index contributed by atoms with van der Waals surface area (Å²) in [5.41, 5.74) is 2.33. The lowest BCUT2D eigenvalue weighted by Crippen LogP contribution is -2.13. The monoisotopic (exact) mass is 256 g/mol. The summed E-state index contributed by atoms with van der Waals surface area (Å²) in [6, 6.07) is 14.1. The van der Waals surface area contributed by atoms with Gasteiger partial charge in [0.2, 0.25) is 5.88 Å². The molecular formula is C16H20N2O. The van der Waals surface area contributed by atoms with Crippen LogP contribution in [-0.4, -0.2) is 11.5 Å². The van der Waals surface area contributed by atoms with Crippen molar-refractivity contribution in [1.82, 2.24) is 10.3 Å². The predicted molar refractivity (Wildman–Crippen MR) is 77.0 cm³/mol. The first-order valence-electron chi connectivity index (χ1n) is 6.71. The maximum atomic E-state index is 5.64. The molecule has 0 saturated carbocycles. The fraction of sp³-hybridized carbons (Fsp3) is 0.312. The Bertz CT molecular complexity index is 468. The molecule has 19 heavy (non-hydrogen) atoms.